The number of ether oxygens (including phenoxy) is 8. The van der Waals surface area contributed by atoms with Gasteiger partial charge in [0.2, 0.25) is 0 Å². The van der Waals surface area contributed by atoms with Crippen molar-refractivity contribution in [2.75, 3.05) is 26.9 Å². The summed E-state index contributed by atoms with van der Waals surface area (Å²) in [5.41, 5.74) is -2.78. The van der Waals surface area contributed by atoms with E-state index in [0.717, 1.165) is 19.1 Å². The average molecular weight is 1080 g/mol. The van der Waals surface area contributed by atoms with Crippen LogP contribution in [0.3, 0.4) is 0 Å². The van der Waals surface area contributed by atoms with Crippen molar-refractivity contribution in [3.05, 3.63) is 47.5 Å². The molecular weight excluding hydrogens is 997 g/mol. The summed E-state index contributed by atoms with van der Waals surface area (Å²) >= 11 is 0. The fourth-order valence-electron chi connectivity index (χ4n) is 16.1. The number of carbonyl (C=O) groups is 2. The van der Waals surface area contributed by atoms with Crippen LogP contribution in [0.1, 0.15) is 104 Å². The Labute approximate surface area is 443 Å². The number of carbonyl (C=O) groups excluding carboxylic acids is 2. The highest BCUT2D eigenvalue weighted by Crippen LogP contribution is 2.76. The second-order valence-electron chi connectivity index (χ2n) is 25.2. The lowest BCUT2D eigenvalue weighted by Gasteiger charge is -2.72. The molecule has 8 aliphatic rings. The van der Waals surface area contributed by atoms with E-state index in [0.29, 0.717) is 37.7 Å². The normalized spacial score (nSPS) is 49.7. The van der Waals surface area contributed by atoms with Gasteiger partial charge in [0.25, 0.3) is 0 Å². The minimum atomic E-state index is -1.97. The van der Waals surface area contributed by atoms with Crippen molar-refractivity contribution in [2.24, 2.45) is 50.2 Å². The molecule has 428 valence electrons. The Hall–Kier alpha value is -2.78. The molecule has 21 heteroatoms. The molecule has 3 aliphatic heterocycles. The number of hydrogen-bond donors (Lipinski definition) is 11. The lowest BCUT2D eigenvalue weighted by Crippen LogP contribution is -2.72. The molecule has 4 saturated carbocycles. The van der Waals surface area contributed by atoms with Gasteiger partial charge >= 0.3 is 11.9 Å². The zero-order valence-corrected chi connectivity index (χ0v) is 44.7. The van der Waals surface area contributed by atoms with Crippen molar-refractivity contribution in [1.29, 1.82) is 0 Å². The Kier molecular flexibility index (Phi) is 16.0. The van der Waals surface area contributed by atoms with Gasteiger partial charge in [-0.05, 0) is 102 Å². The van der Waals surface area contributed by atoms with E-state index in [1.165, 1.54) is 0 Å². The number of rotatable bonds is 11. The van der Waals surface area contributed by atoms with Crippen LogP contribution in [-0.4, -0.2) is 205 Å². The molecule has 0 bridgehead atoms. The van der Waals surface area contributed by atoms with Crippen LogP contribution in [-0.2, 0) is 42.7 Å². The number of esters is 2. The molecule has 3 saturated heterocycles. The first kappa shape index (κ1) is 57.9. The fourth-order valence-corrected chi connectivity index (χ4v) is 16.1. The van der Waals surface area contributed by atoms with E-state index in [1.807, 2.05) is 13.8 Å². The Morgan fingerprint density at radius 1 is 0.711 bits per heavy atom. The molecule has 1 unspecified atom stereocenters. The number of fused-ring (bicyclic) bond motifs is 7. The molecule has 76 heavy (non-hydrogen) atoms. The Morgan fingerprint density at radius 3 is 2.04 bits per heavy atom. The van der Waals surface area contributed by atoms with E-state index in [2.05, 4.69) is 40.7 Å². The summed E-state index contributed by atoms with van der Waals surface area (Å²) in [5, 5.41) is 123. The fraction of sp³-hybridized carbons (Fsp3) is 0.818. The van der Waals surface area contributed by atoms with Crippen LogP contribution in [0.25, 0.3) is 0 Å². The maximum Gasteiger partial charge on any atom is 0.338 e. The molecule has 1 aromatic rings. The Bertz CT molecular complexity index is 2280. The number of aliphatic hydroxyl groups is 11. The minimum absolute atomic E-state index is 0.0212. The number of hydrogen-bond acceptors (Lipinski definition) is 21. The molecule has 21 nitrogen and oxygen atoms in total. The van der Waals surface area contributed by atoms with E-state index in [9.17, 15) is 65.8 Å². The molecule has 0 aromatic heterocycles. The first-order chi connectivity index (χ1) is 35.7. The average Bonchev–Trinajstić information content (AvgIpc) is 3.56. The zero-order valence-electron chi connectivity index (χ0n) is 44.7. The highest BCUT2D eigenvalue weighted by Gasteiger charge is 2.73. The largest absolute Gasteiger partial charge is 0.467 e. The third-order valence-corrected chi connectivity index (χ3v) is 20.7. The summed E-state index contributed by atoms with van der Waals surface area (Å²) in [6, 6.07) is 8.48. The summed E-state index contributed by atoms with van der Waals surface area (Å²) in [4.78, 5) is 27.2. The second kappa shape index (κ2) is 21.0. The lowest BCUT2D eigenvalue weighted by molar-refractivity contribution is -0.392. The quantitative estimate of drug-likeness (QED) is 0.0802. The first-order valence-corrected chi connectivity index (χ1v) is 27.0. The number of benzene rings is 1. The molecule has 11 N–H and O–H groups in total. The molecule has 9 rings (SSSR count). The molecule has 0 spiro atoms. The molecule has 5 aliphatic carbocycles. The van der Waals surface area contributed by atoms with Crippen molar-refractivity contribution in [2.45, 2.75) is 204 Å². The summed E-state index contributed by atoms with van der Waals surface area (Å²) in [6.07, 6.45) is -22.7. The van der Waals surface area contributed by atoms with E-state index < -0.39 is 175 Å². The van der Waals surface area contributed by atoms with Crippen LogP contribution in [0, 0.1) is 50.2 Å². The number of aliphatic hydroxyl groups excluding tert-OH is 11. The molecule has 3 heterocycles. The van der Waals surface area contributed by atoms with Gasteiger partial charge in [-0.3, -0.25) is 0 Å². The van der Waals surface area contributed by atoms with E-state index in [4.69, 9.17) is 37.9 Å². The van der Waals surface area contributed by atoms with Crippen LogP contribution in [0.5, 0.6) is 0 Å². The smallest absolute Gasteiger partial charge is 0.338 e. The number of allylic oxidation sites excluding steroid dienone is 2. The lowest BCUT2D eigenvalue weighted by atomic mass is 9.33. The second-order valence-corrected chi connectivity index (χ2v) is 25.2. The van der Waals surface area contributed by atoms with Crippen LogP contribution < -0.4 is 0 Å². The van der Waals surface area contributed by atoms with Gasteiger partial charge in [-0.2, -0.15) is 0 Å². The Balaban J connectivity index is 1.03. The molecule has 7 fully saturated rings. The van der Waals surface area contributed by atoms with Crippen LogP contribution in [0.4, 0.5) is 0 Å². The maximum absolute atomic E-state index is 13.8. The van der Waals surface area contributed by atoms with Gasteiger partial charge in [-0.25, -0.2) is 9.59 Å². The summed E-state index contributed by atoms with van der Waals surface area (Å²) in [7, 11) is 1.08. The SMILES string of the molecule is COC(=O)[C@H]1O[C@@H](O[C@H]2CC[C@]3(C)[C@H]4CC=C5C6CC(C)(C)[C@@H](O)[C@H](OC(=O)c7ccccc7)[C@]6(CO)[C@H](O)C[C@@]5(C)[C@]4(C)CC[C@H]3C2(C)C)[C@H](O[C@@H]2O[C@H](CO)[C@H](O)[C@H](O)[C@H]2O)[C@@H](O[C@@H]2OC[C@@H](O)[C@H](O)[C@H]2O)[C@@H]1O. The van der Waals surface area contributed by atoms with Gasteiger partial charge in [-0.1, -0.05) is 78.3 Å². The first-order valence-electron chi connectivity index (χ1n) is 27.0. The standard InChI is InChI=1S/C55H82O21/c1-50(2)20-27-26-14-15-31-52(5)18-17-33(51(3,4)30(52)16-19-53(31,6)54(26,7)21-32(59)55(27,24-57)44(43(50)66)76-45(67)25-12-10-9-11-13-25)72-49-42(75-48-38(64)36(62)35(61)29(22-56)71-48)40(39(65)41(74-49)46(68)69-8)73-47-37(63)34(60)28(58)23-70-47/h9-14,27-44,47-49,56-66H,15-24H2,1-8H3/t27?,28-,29-,30+,31-,32-,33+,34+,35+,36+,37-,38-,39+,40+,41+,42-,43+,44+,47+,48+,49-,52+,53-,54-,55+/m1/s1. The van der Waals surface area contributed by atoms with Gasteiger partial charge < -0.3 is 94.1 Å². The topological polar surface area (TPSA) is 331 Å². The minimum Gasteiger partial charge on any atom is -0.467 e. The summed E-state index contributed by atoms with van der Waals surface area (Å²) < 4.78 is 48.3. The monoisotopic (exact) mass is 1080 g/mol. The third kappa shape index (κ3) is 9.03. The molecule has 0 amide bonds. The third-order valence-electron chi connectivity index (χ3n) is 20.7. The van der Waals surface area contributed by atoms with Crippen molar-refractivity contribution < 1.29 is 104 Å². The van der Waals surface area contributed by atoms with Crippen molar-refractivity contribution in [1.82, 2.24) is 0 Å². The predicted molar refractivity (Wildman–Crippen MR) is 263 cm³/mol. The van der Waals surface area contributed by atoms with Crippen molar-refractivity contribution in [3.8, 4) is 0 Å². The van der Waals surface area contributed by atoms with Crippen LogP contribution in [0.15, 0.2) is 42.0 Å². The molecule has 25 atom stereocenters. The predicted octanol–water partition coefficient (Wildman–Crippen LogP) is 0.211. The zero-order chi connectivity index (χ0) is 55.4. The van der Waals surface area contributed by atoms with Gasteiger partial charge in [0.15, 0.2) is 25.0 Å². The Morgan fingerprint density at radius 2 is 1.38 bits per heavy atom. The molecule has 0 radical (unpaired) electrons. The summed E-state index contributed by atoms with van der Waals surface area (Å²) in [5.74, 6) is -2.09. The van der Waals surface area contributed by atoms with Crippen molar-refractivity contribution in [3.63, 3.8) is 0 Å². The molecule has 1 aromatic carbocycles. The van der Waals surface area contributed by atoms with E-state index >= 15 is 0 Å². The van der Waals surface area contributed by atoms with Crippen LogP contribution >= 0.6 is 0 Å². The van der Waals surface area contributed by atoms with Gasteiger partial charge in [-0.15, -0.1) is 0 Å². The number of methoxy groups -OCH3 is 1. The summed E-state index contributed by atoms with van der Waals surface area (Å²) in [6.45, 7) is 13.1. The van der Waals surface area contributed by atoms with Gasteiger partial charge in [0.1, 0.15) is 67.1 Å². The highest BCUT2D eigenvalue weighted by molar-refractivity contribution is 5.89. The van der Waals surface area contributed by atoms with E-state index in [-0.39, 0.29) is 23.7 Å². The van der Waals surface area contributed by atoms with Gasteiger partial charge in [0, 0.05) is 0 Å². The maximum atomic E-state index is 13.8. The van der Waals surface area contributed by atoms with Crippen LogP contribution in [0.2, 0.25) is 0 Å². The molecular formula is C55H82O21. The van der Waals surface area contributed by atoms with Crippen molar-refractivity contribution >= 4 is 11.9 Å². The van der Waals surface area contributed by atoms with Gasteiger partial charge in [0.05, 0.1) is 56.2 Å². The van der Waals surface area contributed by atoms with E-state index in [1.54, 1.807) is 30.3 Å². The highest BCUT2D eigenvalue weighted by atomic mass is 16.8.